The average Bonchev–Trinajstić information content (AvgIpc) is 3.03. The normalized spacial score (nSPS) is 12.4. The molecule has 1 atom stereocenters. The van der Waals surface area contributed by atoms with Gasteiger partial charge >= 0.3 is 24.1 Å². The average molecular weight is 823 g/mol. The lowest BCUT2D eigenvalue weighted by molar-refractivity contribution is -0.158. The van der Waals surface area contributed by atoms with Crippen LogP contribution in [0.5, 0.6) is 11.5 Å². The molecule has 0 aliphatic carbocycles. The van der Waals surface area contributed by atoms with Crippen LogP contribution in [0.15, 0.2) is 66.7 Å². The molecule has 0 radical (unpaired) electrons. The first-order chi connectivity index (χ1) is 26.6. The molecular weight excluding hydrogens is 768 g/mol. The third kappa shape index (κ3) is 16.1. The van der Waals surface area contributed by atoms with Gasteiger partial charge in [0.25, 0.3) is 0 Å². The Morgan fingerprint density at radius 2 is 1.26 bits per heavy atom. The standard InChI is InChI=1S/C43H55ClN4O10/c1-40(2,3)55-30-20-13-26(14-21-30)23-33(36(51)56-41(4,5)6)46-34(49)24-28-17-22-31(25-32(28)44)54-35(50)27-15-18-29(19-16-27)48(39(53)58-43(10,11)12)37(45)47-38(52)57-42(7,8)9/h13-22,25,33H,23-24H2,1-12H3,(H,46,49)(H2,45,47,52)/t33-/m0/s1. The number of esters is 2. The number of benzene rings is 3. The lowest BCUT2D eigenvalue weighted by Crippen LogP contribution is -2.49. The van der Waals surface area contributed by atoms with E-state index in [1.54, 1.807) is 74.4 Å². The summed E-state index contributed by atoms with van der Waals surface area (Å²) >= 11 is 6.53. The molecule has 3 aromatic carbocycles. The van der Waals surface area contributed by atoms with E-state index in [0.717, 1.165) is 10.5 Å². The summed E-state index contributed by atoms with van der Waals surface area (Å²) in [5.74, 6) is -1.72. The molecule has 0 fully saturated rings. The van der Waals surface area contributed by atoms with Gasteiger partial charge in [0, 0.05) is 11.4 Å². The van der Waals surface area contributed by atoms with Crippen LogP contribution >= 0.6 is 11.6 Å². The number of rotatable bonds is 10. The molecule has 3 amide bonds. The fraction of sp³-hybridized carbons (Fsp3) is 0.442. The fourth-order valence-electron chi connectivity index (χ4n) is 5.00. The Kier molecular flexibility index (Phi) is 15.1. The zero-order valence-corrected chi connectivity index (χ0v) is 36.0. The monoisotopic (exact) mass is 822 g/mol. The molecule has 3 aromatic rings. The number of hydrogen-bond acceptors (Lipinski definition) is 11. The van der Waals surface area contributed by atoms with Crippen LogP contribution in [-0.4, -0.2) is 64.4 Å². The first-order valence-corrected chi connectivity index (χ1v) is 19.0. The van der Waals surface area contributed by atoms with Gasteiger partial charge in [0.1, 0.15) is 39.9 Å². The Labute approximate surface area is 345 Å². The van der Waals surface area contributed by atoms with Crippen molar-refractivity contribution >= 4 is 53.3 Å². The minimum absolute atomic E-state index is 0.0867. The van der Waals surface area contributed by atoms with E-state index in [1.807, 2.05) is 32.9 Å². The van der Waals surface area contributed by atoms with E-state index >= 15 is 0 Å². The molecule has 0 unspecified atom stereocenters. The summed E-state index contributed by atoms with van der Waals surface area (Å²) in [4.78, 5) is 65.9. The van der Waals surface area contributed by atoms with Crippen LogP contribution in [0, 0.1) is 5.41 Å². The highest BCUT2D eigenvalue weighted by Gasteiger charge is 2.30. The second-order valence-electron chi connectivity index (χ2n) is 17.4. The van der Waals surface area contributed by atoms with E-state index in [2.05, 4.69) is 10.6 Å². The lowest BCUT2D eigenvalue weighted by Gasteiger charge is -2.28. The summed E-state index contributed by atoms with van der Waals surface area (Å²) in [6.45, 7) is 21.0. The summed E-state index contributed by atoms with van der Waals surface area (Å²) in [7, 11) is 0. The molecule has 314 valence electrons. The fourth-order valence-corrected chi connectivity index (χ4v) is 5.24. The topological polar surface area (TPSA) is 183 Å². The van der Waals surface area contributed by atoms with Crippen LogP contribution in [0.1, 0.15) is 105 Å². The quantitative estimate of drug-likeness (QED) is 0.0589. The van der Waals surface area contributed by atoms with E-state index in [-0.39, 0.29) is 40.5 Å². The molecule has 0 aliphatic heterocycles. The predicted octanol–water partition coefficient (Wildman–Crippen LogP) is 8.55. The van der Waals surface area contributed by atoms with Crippen molar-refractivity contribution in [3.05, 3.63) is 88.4 Å². The number of alkyl carbamates (subject to hydrolysis) is 1. The Bertz CT molecular complexity index is 1970. The summed E-state index contributed by atoms with van der Waals surface area (Å²) in [5, 5.41) is 13.6. The van der Waals surface area contributed by atoms with Crippen molar-refractivity contribution in [2.24, 2.45) is 0 Å². The molecule has 0 heterocycles. The number of nitrogens with one attached hydrogen (secondary N) is 3. The lowest BCUT2D eigenvalue weighted by atomic mass is 10.0. The number of amides is 3. The Balaban J connectivity index is 1.72. The molecule has 0 saturated heterocycles. The van der Waals surface area contributed by atoms with Crippen molar-refractivity contribution in [1.29, 1.82) is 5.41 Å². The van der Waals surface area contributed by atoms with Crippen LogP contribution in [-0.2, 0) is 36.6 Å². The number of anilines is 1. The van der Waals surface area contributed by atoms with Gasteiger partial charge in [-0.2, -0.15) is 0 Å². The van der Waals surface area contributed by atoms with Gasteiger partial charge in [-0.1, -0.05) is 29.8 Å². The van der Waals surface area contributed by atoms with E-state index in [9.17, 15) is 24.0 Å². The Morgan fingerprint density at radius 3 is 1.78 bits per heavy atom. The maximum Gasteiger partial charge on any atom is 0.421 e. The molecule has 3 rings (SSSR count). The van der Waals surface area contributed by atoms with Crippen LogP contribution in [0.2, 0.25) is 5.02 Å². The summed E-state index contributed by atoms with van der Waals surface area (Å²) < 4.78 is 27.7. The van der Waals surface area contributed by atoms with Crippen molar-refractivity contribution in [2.45, 2.75) is 124 Å². The molecule has 3 N–H and O–H groups in total. The van der Waals surface area contributed by atoms with Crippen LogP contribution in [0.3, 0.4) is 0 Å². The third-order valence-electron chi connectivity index (χ3n) is 7.18. The number of carbonyl (C=O) groups excluding carboxylic acids is 5. The van der Waals surface area contributed by atoms with Crippen LogP contribution < -0.4 is 25.0 Å². The molecule has 0 aromatic heterocycles. The van der Waals surface area contributed by atoms with Gasteiger partial charge in [-0.3, -0.25) is 15.5 Å². The number of ether oxygens (including phenoxy) is 5. The minimum Gasteiger partial charge on any atom is -0.488 e. The van der Waals surface area contributed by atoms with Gasteiger partial charge in [-0.25, -0.2) is 24.1 Å². The molecule has 58 heavy (non-hydrogen) atoms. The molecule has 0 saturated carbocycles. The number of nitrogens with zero attached hydrogens (tertiary/aromatic N) is 1. The zero-order valence-electron chi connectivity index (χ0n) is 35.3. The number of carbonyl (C=O) groups is 5. The van der Waals surface area contributed by atoms with Crippen LogP contribution in [0.4, 0.5) is 15.3 Å². The van der Waals surface area contributed by atoms with Gasteiger partial charge in [-0.05, 0) is 143 Å². The molecule has 0 bridgehead atoms. The molecule has 0 spiro atoms. The molecule has 14 nitrogen and oxygen atoms in total. The molecular formula is C43H55ClN4O10. The summed E-state index contributed by atoms with van der Waals surface area (Å²) in [6.07, 6.45) is -1.92. The number of guanidine groups is 1. The highest BCUT2D eigenvalue weighted by Crippen LogP contribution is 2.26. The number of hydrogen-bond donors (Lipinski definition) is 3. The van der Waals surface area contributed by atoms with E-state index in [1.165, 1.54) is 42.5 Å². The van der Waals surface area contributed by atoms with Gasteiger partial charge in [0.15, 0.2) is 0 Å². The predicted molar refractivity (Wildman–Crippen MR) is 221 cm³/mol. The van der Waals surface area contributed by atoms with Crippen LogP contribution in [0.25, 0.3) is 0 Å². The second kappa shape index (κ2) is 18.8. The Hall–Kier alpha value is -5.63. The van der Waals surface area contributed by atoms with Crippen molar-refractivity contribution < 1.29 is 47.7 Å². The number of halogens is 1. The van der Waals surface area contributed by atoms with Crippen molar-refractivity contribution in [1.82, 2.24) is 10.6 Å². The van der Waals surface area contributed by atoms with E-state index in [0.29, 0.717) is 11.3 Å². The van der Waals surface area contributed by atoms with Crippen molar-refractivity contribution in [2.75, 3.05) is 4.90 Å². The first-order valence-electron chi connectivity index (χ1n) is 18.6. The van der Waals surface area contributed by atoms with Gasteiger partial charge in [0.2, 0.25) is 11.9 Å². The maximum absolute atomic E-state index is 13.3. The van der Waals surface area contributed by atoms with Gasteiger partial charge in [0.05, 0.1) is 17.7 Å². The highest BCUT2D eigenvalue weighted by molar-refractivity contribution is 6.31. The Morgan fingerprint density at radius 1 is 0.707 bits per heavy atom. The first kappa shape index (κ1) is 46.8. The second-order valence-corrected chi connectivity index (χ2v) is 17.8. The molecule has 0 aliphatic rings. The maximum atomic E-state index is 13.3. The highest BCUT2D eigenvalue weighted by atomic mass is 35.5. The van der Waals surface area contributed by atoms with Gasteiger partial charge < -0.3 is 29.0 Å². The third-order valence-corrected chi connectivity index (χ3v) is 7.53. The van der Waals surface area contributed by atoms with Gasteiger partial charge in [-0.15, -0.1) is 0 Å². The zero-order chi connectivity index (χ0) is 43.8. The summed E-state index contributed by atoms with van der Waals surface area (Å²) in [5.41, 5.74) is -1.55. The summed E-state index contributed by atoms with van der Waals surface area (Å²) in [6, 6.07) is 16.2. The largest absolute Gasteiger partial charge is 0.488 e. The SMILES string of the molecule is CC(C)(C)OC(=O)NC(=N)N(C(=O)OC(C)(C)C)c1ccc(C(=O)Oc2ccc(CC(=O)N[C@@H](Cc3ccc(OC(C)(C)C)cc3)C(=O)OC(C)(C)C)c(Cl)c2)cc1. The van der Waals surface area contributed by atoms with E-state index < -0.39 is 58.8 Å². The minimum atomic E-state index is -0.991. The molecule has 15 heteroatoms. The van der Waals surface area contributed by atoms with Crippen molar-refractivity contribution in [3.8, 4) is 11.5 Å². The van der Waals surface area contributed by atoms with E-state index in [4.69, 9.17) is 40.7 Å². The van der Waals surface area contributed by atoms with Crippen molar-refractivity contribution in [3.63, 3.8) is 0 Å². The smallest absolute Gasteiger partial charge is 0.421 e.